The summed E-state index contributed by atoms with van der Waals surface area (Å²) >= 11 is 1.62. The first-order chi connectivity index (χ1) is 16.9. The molecule has 0 aliphatic carbocycles. The minimum Gasteiger partial charge on any atom is -0.493 e. The van der Waals surface area contributed by atoms with Gasteiger partial charge in [0.25, 0.3) is 5.91 Å². The van der Waals surface area contributed by atoms with E-state index in [-0.39, 0.29) is 5.91 Å². The van der Waals surface area contributed by atoms with Crippen molar-refractivity contribution in [1.29, 1.82) is 0 Å². The fraction of sp³-hybridized carbons (Fsp3) is 0.500. The number of carbonyl (C=O) groups is 1. The number of carbonyl (C=O) groups excluding carboxylic acids is 1. The van der Waals surface area contributed by atoms with Crippen LogP contribution in [0.2, 0.25) is 0 Å². The minimum atomic E-state index is -0.256. The summed E-state index contributed by atoms with van der Waals surface area (Å²) in [6.07, 6.45) is 2.81. The van der Waals surface area contributed by atoms with E-state index in [0.29, 0.717) is 47.0 Å². The van der Waals surface area contributed by atoms with Crippen LogP contribution >= 0.6 is 11.8 Å². The lowest BCUT2D eigenvalue weighted by atomic mass is 10.1. The van der Waals surface area contributed by atoms with Crippen molar-refractivity contribution >= 4 is 34.5 Å². The zero-order chi connectivity index (χ0) is 25.4. The Hall–Kier alpha value is -3.21. The lowest BCUT2D eigenvalue weighted by Gasteiger charge is -2.14. The van der Waals surface area contributed by atoms with Gasteiger partial charge < -0.3 is 24.8 Å². The molecule has 0 atom stereocenters. The molecule has 11 heteroatoms. The van der Waals surface area contributed by atoms with E-state index in [1.165, 1.54) is 21.3 Å². The van der Waals surface area contributed by atoms with E-state index in [2.05, 4.69) is 36.5 Å². The zero-order valence-electron chi connectivity index (χ0n) is 21.2. The Morgan fingerprint density at radius 1 is 1.11 bits per heavy atom. The van der Waals surface area contributed by atoms with Crippen molar-refractivity contribution < 1.29 is 19.0 Å². The lowest BCUT2D eigenvalue weighted by molar-refractivity contribution is 0.0951. The lowest BCUT2D eigenvalue weighted by Crippen LogP contribution is -2.27. The number of methoxy groups -OCH3 is 3. The maximum atomic E-state index is 12.8. The molecule has 2 N–H and O–H groups in total. The second kappa shape index (κ2) is 12.5. The Bertz CT molecular complexity index is 1130. The van der Waals surface area contributed by atoms with Crippen molar-refractivity contribution in [2.45, 2.75) is 38.9 Å². The van der Waals surface area contributed by atoms with Crippen LogP contribution < -0.4 is 24.8 Å². The normalized spacial score (nSPS) is 11.1. The second-order valence-corrected chi connectivity index (χ2v) is 9.31. The summed E-state index contributed by atoms with van der Waals surface area (Å²) in [4.78, 5) is 22.3. The SMILES string of the molecule is CCCSc1nc(NCC(C)C)c2cnn(CCNC(=O)c3cc(OC)c(OC)c(OC)c3)c2n1. The first-order valence-electron chi connectivity index (χ1n) is 11.6. The summed E-state index contributed by atoms with van der Waals surface area (Å²) in [6.45, 7) is 8.06. The maximum Gasteiger partial charge on any atom is 0.251 e. The molecule has 0 saturated heterocycles. The number of hydrogen-bond acceptors (Lipinski definition) is 9. The van der Waals surface area contributed by atoms with Gasteiger partial charge in [-0.1, -0.05) is 32.5 Å². The van der Waals surface area contributed by atoms with Gasteiger partial charge in [0.2, 0.25) is 5.75 Å². The molecule has 0 fully saturated rings. The predicted octanol–water partition coefficient (Wildman–Crippen LogP) is 3.85. The van der Waals surface area contributed by atoms with Gasteiger partial charge in [-0.05, 0) is 24.5 Å². The minimum absolute atomic E-state index is 0.256. The number of fused-ring (bicyclic) bond motifs is 1. The molecule has 1 aromatic carbocycles. The maximum absolute atomic E-state index is 12.8. The fourth-order valence-corrected chi connectivity index (χ4v) is 4.08. The zero-order valence-corrected chi connectivity index (χ0v) is 22.0. The molecule has 0 radical (unpaired) electrons. The first-order valence-corrected chi connectivity index (χ1v) is 12.6. The molecule has 0 bridgehead atoms. The van der Waals surface area contributed by atoms with Gasteiger partial charge in [-0.15, -0.1) is 0 Å². The number of nitrogens with zero attached hydrogens (tertiary/aromatic N) is 4. The number of anilines is 1. The Kier molecular flexibility index (Phi) is 9.41. The Labute approximate surface area is 210 Å². The number of hydrogen-bond donors (Lipinski definition) is 2. The molecule has 1 amide bonds. The predicted molar refractivity (Wildman–Crippen MR) is 138 cm³/mol. The summed E-state index contributed by atoms with van der Waals surface area (Å²) in [7, 11) is 4.55. The van der Waals surface area contributed by atoms with Crippen LogP contribution in [-0.4, -0.2) is 65.8 Å². The fourth-order valence-electron chi connectivity index (χ4n) is 3.38. The summed E-state index contributed by atoms with van der Waals surface area (Å²) < 4.78 is 17.8. The highest BCUT2D eigenvalue weighted by atomic mass is 32.2. The van der Waals surface area contributed by atoms with Crippen molar-refractivity contribution in [3.8, 4) is 17.2 Å². The van der Waals surface area contributed by atoms with Gasteiger partial charge in [0.05, 0.1) is 39.5 Å². The van der Waals surface area contributed by atoms with E-state index in [0.717, 1.165) is 35.6 Å². The second-order valence-electron chi connectivity index (χ2n) is 8.25. The standard InChI is InChI=1S/C24H34N6O4S/c1-7-10-35-24-28-21(26-13-15(2)3)17-14-27-30(22(17)29-24)9-8-25-23(31)16-11-18(32-4)20(34-6)19(12-16)33-5/h11-12,14-15H,7-10,13H2,1-6H3,(H,25,31)(H,26,28,29). The van der Waals surface area contributed by atoms with Gasteiger partial charge in [0, 0.05) is 24.4 Å². The highest BCUT2D eigenvalue weighted by molar-refractivity contribution is 7.99. The highest BCUT2D eigenvalue weighted by Gasteiger charge is 2.18. The number of aromatic nitrogens is 4. The average molecular weight is 503 g/mol. The van der Waals surface area contributed by atoms with E-state index >= 15 is 0 Å². The molecule has 3 rings (SSSR count). The van der Waals surface area contributed by atoms with E-state index in [4.69, 9.17) is 24.2 Å². The third kappa shape index (κ3) is 6.47. The van der Waals surface area contributed by atoms with Crippen LogP contribution in [0, 0.1) is 5.92 Å². The van der Waals surface area contributed by atoms with Gasteiger partial charge in [-0.3, -0.25) is 4.79 Å². The number of nitrogens with one attached hydrogen (secondary N) is 2. The molecule has 0 saturated carbocycles. The third-order valence-corrected chi connectivity index (χ3v) is 6.18. The van der Waals surface area contributed by atoms with Crippen molar-refractivity contribution in [1.82, 2.24) is 25.1 Å². The Balaban J connectivity index is 1.76. The number of rotatable bonds is 13. The van der Waals surface area contributed by atoms with Crippen LogP contribution in [0.25, 0.3) is 11.0 Å². The summed E-state index contributed by atoms with van der Waals surface area (Å²) in [6, 6.07) is 3.24. The molecule has 2 heterocycles. The Morgan fingerprint density at radius 3 is 2.43 bits per heavy atom. The van der Waals surface area contributed by atoms with Crippen LogP contribution in [0.5, 0.6) is 17.2 Å². The molecule has 0 aliphatic heterocycles. The van der Waals surface area contributed by atoms with E-state index in [9.17, 15) is 4.79 Å². The summed E-state index contributed by atoms with van der Waals surface area (Å²) in [5, 5.41) is 12.4. The molecule has 2 aromatic heterocycles. The van der Waals surface area contributed by atoms with Gasteiger partial charge >= 0.3 is 0 Å². The largest absolute Gasteiger partial charge is 0.493 e. The average Bonchev–Trinajstić information content (AvgIpc) is 3.27. The number of thioether (sulfide) groups is 1. The number of amides is 1. The van der Waals surface area contributed by atoms with Crippen molar-refractivity contribution in [2.24, 2.45) is 5.92 Å². The van der Waals surface area contributed by atoms with Gasteiger partial charge in [-0.25, -0.2) is 14.6 Å². The van der Waals surface area contributed by atoms with E-state index in [1.54, 1.807) is 34.8 Å². The molecule has 3 aromatic rings. The van der Waals surface area contributed by atoms with Crippen LogP contribution in [0.4, 0.5) is 5.82 Å². The number of ether oxygens (including phenoxy) is 3. The monoisotopic (exact) mass is 502 g/mol. The van der Waals surface area contributed by atoms with Crippen molar-refractivity contribution in [3.05, 3.63) is 23.9 Å². The van der Waals surface area contributed by atoms with Gasteiger partial charge in [-0.2, -0.15) is 5.10 Å². The van der Waals surface area contributed by atoms with Crippen LogP contribution in [0.1, 0.15) is 37.6 Å². The Morgan fingerprint density at radius 2 is 1.83 bits per heavy atom. The quantitative estimate of drug-likeness (QED) is 0.266. The topological polar surface area (TPSA) is 112 Å². The molecule has 0 spiro atoms. The smallest absolute Gasteiger partial charge is 0.251 e. The van der Waals surface area contributed by atoms with Crippen molar-refractivity contribution in [2.75, 3.05) is 45.5 Å². The molecule has 0 aliphatic rings. The van der Waals surface area contributed by atoms with E-state index in [1.807, 2.05) is 0 Å². The van der Waals surface area contributed by atoms with Gasteiger partial charge in [0.15, 0.2) is 22.3 Å². The van der Waals surface area contributed by atoms with Crippen LogP contribution in [-0.2, 0) is 6.54 Å². The molecule has 0 unspecified atom stereocenters. The summed E-state index contributed by atoms with van der Waals surface area (Å²) in [5.74, 6) is 3.23. The third-order valence-electron chi connectivity index (χ3n) is 5.12. The molecular formula is C24H34N6O4S. The number of benzene rings is 1. The first kappa shape index (κ1) is 26.4. The molecule has 10 nitrogen and oxygen atoms in total. The highest BCUT2D eigenvalue weighted by Crippen LogP contribution is 2.38. The van der Waals surface area contributed by atoms with Gasteiger partial charge in [0.1, 0.15) is 5.82 Å². The van der Waals surface area contributed by atoms with Crippen LogP contribution in [0.3, 0.4) is 0 Å². The molecule has 190 valence electrons. The van der Waals surface area contributed by atoms with E-state index < -0.39 is 0 Å². The summed E-state index contributed by atoms with van der Waals surface area (Å²) in [5.41, 5.74) is 1.15. The molecule has 35 heavy (non-hydrogen) atoms. The van der Waals surface area contributed by atoms with Crippen molar-refractivity contribution in [3.63, 3.8) is 0 Å². The molecular weight excluding hydrogens is 468 g/mol. The van der Waals surface area contributed by atoms with Crippen LogP contribution in [0.15, 0.2) is 23.5 Å².